The maximum absolute atomic E-state index is 6.15. The van der Waals surface area contributed by atoms with Crippen molar-refractivity contribution in [2.24, 2.45) is 5.92 Å². The van der Waals surface area contributed by atoms with Crippen LogP contribution in [0.3, 0.4) is 0 Å². The predicted octanol–water partition coefficient (Wildman–Crippen LogP) is 4.25. The molecule has 1 aliphatic carbocycles. The summed E-state index contributed by atoms with van der Waals surface area (Å²) in [6.07, 6.45) is 8.35. The van der Waals surface area contributed by atoms with E-state index in [0.29, 0.717) is 11.1 Å². The van der Waals surface area contributed by atoms with Gasteiger partial charge < -0.3 is 5.32 Å². The third-order valence-electron chi connectivity index (χ3n) is 3.70. The lowest BCUT2D eigenvalue weighted by atomic mass is 9.89. The van der Waals surface area contributed by atoms with Gasteiger partial charge in [-0.15, -0.1) is 0 Å². The minimum atomic E-state index is 0.340. The van der Waals surface area contributed by atoms with Gasteiger partial charge in [-0.3, -0.25) is 0 Å². The molecule has 0 saturated heterocycles. The molecule has 1 aliphatic rings. The largest absolute Gasteiger partial charge is 0.369 e. The first-order valence-electron chi connectivity index (χ1n) is 6.92. The summed E-state index contributed by atoms with van der Waals surface area (Å²) in [6, 6.07) is 0. The molecule has 0 atom stereocenters. The maximum Gasteiger partial charge on any atom is 0.138 e. The van der Waals surface area contributed by atoms with Gasteiger partial charge in [0, 0.05) is 12.1 Å². The lowest BCUT2D eigenvalue weighted by Crippen LogP contribution is -2.18. The van der Waals surface area contributed by atoms with Crippen LogP contribution >= 0.6 is 11.6 Å². The van der Waals surface area contributed by atoms with Gasteiger partial charge >= 0.3 is 0 Å². The molecule has 0 amide bonds. The molecule has 0 unspecified atom stereocenters. The molecule has 0 bridgehead atoms. The highest BCUT2D eigenvalue weighted by Gasteiger charge is 2.16. The molecule has 3 nitrogen and oxygen atoms in total. The van der Waals surface area contributed by atoms with Crippen LogP contribution in [0.4, 0.5) is 5.82 Å². The van der Waals surface area contributed by atoms with Gasteiger partial charge in [-0.05, 0) is 24.7 Å². The Kier molecular flexibility index (Phi) is 4.81. The molecule has 0 spiro atoms. The van der Waals surface area contributed by atoms with Crippen molar-refractivity contribution < 1.29 is 0 Å². The molecule has 18 heavy (non-hydrogen) atoms. The average Bonchev–Trinajstić information content (AvgIpc) is 2.37. The lowest BCUT2D eigenvalue weighted by Gasteiger charge is -2.23. The fourth-order valence-corrected chi connectivity index (χ4v) is 3.01. The van der Waals surface area contributed by atoms with Crippen LogP contribution in [0.15, 0.2) is 6.33 Å². The van der Waals surface area contributed by atoms with Crippen molar-refractivity contribution >= 4 is 17.4 Å². The predicted molar refractivity (Wildman–Crippen MR) is 76.2 cm³/mol. The van der Waals surface area contributed by atoms with Crippen molar-refractivity contribution in [1.29, 1.82) is 0 Å². The van der Waals surface area contributed by atoms with Gasteiger partial charge in [0.1, 0.15) is 17.3 Å². The SMILES string of the molecule is CC(C)c1c(Cl)ncnc1NCC1CCCCC1. The van der Waals surface area contributed by atoms with Crippen molar-refractivity contribution in [2.75, 3.05) is 11.9 Å². The molecule has 4 heteroatoms. The molecule has 100 valence electrons. The molecule has 1 N–H and O–H groups in total. The summed E-state index contributed by atoms with van der Waals surface area (Å²) in [7, 11) is 0. The Morgan fingerprint density at radius 2 is 2.00 bits per heavy atom. The standard InChI is InChI=1S/C14H22ClN3/c1-10(2)12-13(15)17-9-18-14(12)16-8-11-6-4-3-5-7-11/h9-11H,3-8H2,1-2H3,(H,16,17,18). The van der Waals surface area contributed by atoms with Crippen molar-refractivity contribution in [3.63, 3.8) is 0 Å². The van der Waals surface area contributed by atoms with Gasteiger partial charge in [0.05, 0.1) is 0 Å². The summed E-state index contributed by atoms with van der Waals surface area (Å²) >= 11 is 6.15. The Morgan fingerprint density at radius 3 is 2.67 bits per heavy atom. The first kappa shape index (κ1) is 13.6. The molecule has 1 saturated carbocycles. The Bertz CT molecular complexity index is 387. The third-order valence-corrected chi connectivity index (χ3v) is 4.00. The second-order valence-corrected chi connectivity index (χ2v) is 5.82. The summed E-state index contributed by atoms with van der Waals surface area (Å²) in [5, 5.41) is 4.04. The van der Waals surface area contributed by atoms with Crippen LogP contribution in [0, 0.1) is 5.92 Å². The van der Waals surface area contributed by atoms with Crippen LogP contribution in [0.1, 0.15) is 57.4 Å². The number of nitrogens with zero attached hydrogens (tertiary/aromatic N) is 2. The van der Waals surface area contributed by atoms with Gasteiger partial charge in [-0.1, -0.05) is 44.7 Å². The number of halogens is 1. The van der Waals surface area contributed by atoms with E-state index in [1.807, 2.05) is 0 Å². The number of nitrogens with one attached hydrogen (secondary N) is 1. The van der Waals surface area contributed by atoms with E-state index in [2.05, 4.69) is 29.1 Å². The van der Waals surface area contributed by atoms with Gasteiger partial charge in [0.2, 0.25) is 0 Å². The van der Waals surface area contributed by atoms with Gasteiger partial charge in [0.25, 0.3) is 0 Å². The fraction of sp³-hybridized carbons (Fsp3) is 0.714. The van der Waals surface area contributed by atoms with Crippen LogP contribution < -0.4 is 5.32 Å². The third kappa shape index (κ3) is 3.35. The Balaban J connectivity index is 2.02. The number of hydrogen-bond acceptors (Lipinski definition) is 3. The normalized spacial score (nSPS) is 17.1. The molecule has 0 aliphatic heterocycles. The quantitative estimate of drug-likeness (QED) is 0.829. The fourth-order valence-electron chi connectivity index (χ4n) is 2.66. The van der Waals surface area contributed by atoms with E-state index < -0.39 is 0 Å². The zero-order valence-electron chi connectivity index (χ0n) is 11.2. The monoisotopic (exact) mass is 267 g/mol. The topological polar surface area (TPSA) is 37.8 Å². The second-order valence-electron chi connectivity index (χ2n) is 5.47. The van der Waals surface area contributed by atoms with E-state index in [1.54, 1.807) is 0 Å². The maximum atomic E-state index is 6.15. The lowest BCUT2D eigenvalue weighted by molar-refractivity contribution is 0.373. The molecule has 1 heterocycles. The molecular formula is C14H22ClN3. The first-order chi connectivity index (χ1) is 8.68. The van der Waals surface area contributed by atoms with Crippen molar-refractivity contribution in [1.82, 2.24) is 9.97 Å². The second kappa shape index (κ2) is 6.37. The van der Waals surface area contributed by atoms with Crippen LogP contribution in [0.25, 0.3) is 0 Å². The first-order valence-corrected chi connectivity index (χ1v) is 7.30. The summed E-state index contributed by atoms with van der Waals surface area (Å²) in [5.74, 6) is 2.04. The highest BCUT2D eigenvalue weighted by Crippen LogP contribution is 2.29. The summed E-state index contributed by atoms with van der Waals surface area (Å²) in [6.45, 7) is 5.25. The average molecular weight is 268 g/mol. The summed E-state index contributed by atoms with van der Waals surface area (Å²) in [5.41, 5.74) is 1.04. The van der Waals surface area contributed by atoms with E-state index in [0.717, 1.165) is 23.8 Å². The number of hydrogen-bond donors (Lipinski definition) is 1. The molecule has 2 rings (SSSR count). The van der Waals surface area contributed by atoms with Crippen molar-refractivity contribution in [3.05, 3.63) is 17.0 Å². The van der Waals surface area contributed by atoms with Gasteiger partial charge in [0.15, 0.2) is 0 Å². The number of rotatable bonds is 4. The van der Waals surface area contributed by atoms with Crippen molar-refractivity contribution in [2.45, 2.75) is 51.9 Å². The molecule has 1 fully saturated rings. The molecule has 1 aromatic heterocycles. The van der Waals surface area contributed by atoms with Crippen LogP contribution in [-0.2, 0) is 0 Å². The van der Waals surface area contributed by atoms with E-state index in [1.165, 1.54) is 38.4 Å². The number of anilines is 1. The van der Waals surface area contributed by atoms with Crippen LogP contribution in [-0.4, -0.2) is 16.5 Å². The Hall–Kier alpha value is -0.830. The number of aromatic nitrogens is 2. The molecule has 0 radical (unpaired) electrons. The van der Waals surface area contributed by atoms with E-state index in [4.69, 9.17) is 11.6 Å². The Morgan fingerprint density at radius 1 is 1.28 bits per heavy atom. The zero-order chi connectivity index (χ0) is 13.0. The van der Waals surface area contributed by atoms with Gasteiger partial charge in [-0.25, -0.2) is 9.97 Å². The minimum Gasteiger partial charge on any atom is -0.369 e. The van der Waals surface area contributed by atoms with E-state index in [-0.39, 0.29) is 0 Å². The van der Waals surface area contributed by atoms with Crippen LogP contribution in [0.5, 0.6) is 0 Å². The van der Waals surface area contributed by atoms with Crippen LogP contribution in [0.2, 0.25) is 5.15 Å². The minimum absolute atomic E-state index is 0.340. The smallest absolute Gasteiger partial charge is 0.138 e. The molecular weight excluding hydrogens is 246 g/mol. The molecule has 1 aromatic rings. The Labute approximate surface area is 114 Å². The summed E-state index contributed by atoms with van der Waals surface area (Å²) in [4.78, 5) is 8.41. The highest BCUT2D eigenvalue weighted by atomic mass is 35.5. The van der Waals surface area contributed by atoms with Gasteiger partial charge in [-0.2, -0.15) is 0 Å². The zero-order valence-corrected chi connectivity index (χ0v) is 12.0. The van der Waals surface area contributed by atoms with Crippen molar-refractivity contribution in [3.8, 4) is 0 Å². The van der Waals surface area contributed by atoms with E-state index >= 15 is 0 Å². The van der Waals surface area contributed by atoms with E-state index in [9.17, 15) is 0 Å². The highest BCUT2D eigenvalue weighted by molar-refractivity contribution is 6.30. The molecule has 0 aromatic carbocycles. The summed E-state index contributed by atoms with van der Waals surface area (Å²) < 4.78 is 0.